The number of aromatic nitrogens is 1. The van der Waals surface area contributed by atoms with Crippen molar-refractivity contribution in [1.82, 2.24) is 0 Å². The van der Waals surface area contributed by atoms with Gasteiger partial charge in [0.05, 0.1) is 11.0 Å². The molecule has 0 bridgehead atoms. The van der Waals surface area contributed by atoms with Crippen LogP contribution in [0.5, 0.6) is 0 Å². The van der Waals surface area contributed by atoms with Gasteiger partial charge in [0.25, 0.3) is 5.92 Å². The molecule has 1 aliphatic rings. The summed E-state index contributed by atoms with van der Waals surface area (Å²) in [6, 6.07) is 22.5. The number of aryl methyl sites for hydroxylation is 2. The molecule has 0 fully saturated rings. The molecule has 0 atom stereocenters. The van der Waals surface area contributed by atoms with Crippen molar-refractivity contribution in [3.05, 3.63) is 89.6 Å². The lowest BCUT2D eigenvalue weighted by molar-refractivity contribution is -0.660. The average Bonchev–Trinajstić information content (AvgIpc) is 3.26. The van der Waals surface area contributed by atoms with Gasteiger partial charge in [0.1, 0.15) is 18.2 Å². The standard InChI is InChI=1S/C35H36F2NO/c1-21-18-19-25-24-15-11-14-23(30(24)39-31(25)28(21)27-17-9-10-20-38(27)8)22-13-12-16-26-29(22)33(4,5)35(36,37)34(6,7)32(26,2)3/h9-20H,1-8H3/q+1. The minimum Gasteiger partial charge on any atom is -0.454 e. The number of benzene rings is 3. The number of halogens is 2. The highest BCUT2D eigenvalue weighted by Crippen LogP contribution is 2.65. The fourth-order valence-corrected chi connectivity index (χ4v) is 6.91. The Balaban J connectivity index is 1.71. The lowest BCUT2D eigenvalue weighted by atomic mass is 9.48. The molecule has 0 amide bonds. The van der Waals surface area contributed by atoms with E-state index in [0.29, 0.717) is 5.56 Å². The first-order chi connectivity index (χ1) is 18.2. The van der Waals surface area contributed by atoms with Gasteiger partial charge in [-0.25, -0.2) is 13.3 Å². The van der Waals surface area contributed by atoms with E-state index in [1.54, 1.807) is 27.7 Å². The third-order valence-corrected chi connectivity index (χ3v) is 9.97. The van der Waals surface area contributed by atoms with Gasteiger partial charge in [-0.3, -0.25) is 0 Å². The highest BCUT2D eigenvalue weighted by molar-refractivity contribution is 6.13. The third-order valence-electron chi connectivity index (χ3n) is 9.97. The van der Waals surface area contributed by atoms with Gasteiger partial charge in [-0.05, 0) is 49.1 Å². The van der Waals surface area contributed by atoms with Crippen LogP contribution in [0.3, 0.4) is 0 Å². The largest absolute Gasteiger partial charge is 0.454 e. The summed E-state index contributed by atoms with van der Waals surface area (Å²) in [6.45, 7) is 12.8. The zero-order valence-corrected chi connectivity index (χ0v) is 24.0. The SMILES string of the molecule is Cc1ccc2c(oc3c(-c4cccc5c4C(C)(C)C(F)(F)C(C)(C)C5(C)C)cccc32)c1-c1cccc[n+]1C. The molecule has 1 aliphatic carbocycles. The second-order valence-corrected chi connectivity index (χ2v) is 12.8. The van der Waals surface area contributed by atoms with Crippen LogP contribution in [0.25, 0.3) is 44.3 Å². The topological polar surface area (TPSA) is 17.0 Å². The molecule has 4 heteroatoms. The van der Waals surface area contributed by atoms with Gasteiger partial charge in [-0.2, -0.15) is 0 Å². The highest BCUT2D eigenvalue weighted by atomic mass is 19.3. The molecule has 200 valence electrons. The number of hydrogen-bond donors (Lipinski definition) is 0. The van der Waals surface area contributed by atoms with Crippen molar-refractivity contribution >= 4 is 21.9 Å². The Bertz CT molecular complexity index is 1790. The predicted molar refractivity (Wildman–Crippen MR) is 155 cm³/mol. The molecular weight excluding hydrogens is 488 g/mol. The molecule has 3 aromatic carbocycles. The molecule has 2 aromatic heterocycles. The Morgan fingerprint density at radius 2 is 1.36 bits per heavy atom. The zero-order valence-electron chi connectivity index (χ0n) is 24.0. The summed E-state index contributed by atoms with van der Waals surface area (Å²) in [5, 5.41) is 2.01. The molecule has 2 nitrogen and oxygen atoms in total. The van der Waals surface area contributed by atoms with Crippen molar-refractivity contribution in [2.45, 2.75) is 65.2 Å². The fraction of sp³-hybridized carbons (Fsp3) is 0.343. The highest BCUT2D eigenvalue weighted by Gasteiger charge is 2.68. The van der Waals surface area contributed by atoms with E-state index in [2.05, 4.69) is 35.8 Å². The number of fused-ring (bicyclic) bond motifs is 4. The number of nitrogens with zero attached hydrogens (tertiary/aromatic N) is 1. The molecule has 0 aliphatic heterocycles. The van der Waals surface area contributed by atoms with Crippen molar-refractivity contribution in [1.29, 1.82) is 0 Å². The van der Waals surface area contributed by atoms with E-state index in [-0.39, 0.29) is 0 Å². The van der Waals surface area contributed by atoms with Gasteiger partial charge >= 0.3 is 0 Å². The maximum atomic E-state index is 16.4. The lowest BCUT2D eigenvalue weighted by Crippen LogP contribution is -2.62. The van der Waals surface area contributed by atoms with Crippen molar-refractivity contribution in [2.24, 2.45) is 12.5 Å². The number of hydrogen-bond acceptors (Lipinski definition) is 1. The molecule has 0 saturated heterocycles. The Hall–Kier alpha value is -3.53. The van der Waals surface area contributed by atoms with Crippen LogP contribution in [0.2, 0.25) is 0 Å². The molecule has 0 N–H and O–H groups in total. The minimum absolute atomic E-state index is 0.707. The van der Waals surface area contributed by atoms with Crippen molar-refractivity contribution in [3.63, 3.8) is 0 Å². The molecule has 2 heterocycles. The van der Waals surface area contributed by atoms with Crippen molar-refractivity contribution in [3.8, 4) is 22.4 Å². The number of para-hydroxylation sites is 1. The molecule has 0 unspecified atom stereocenters. The van der Waals surface area contributed by atoms with Gasteiger partial charge in [0, 0.05) is 39.3 Å². The quantitative estimate of drug-likeness (QED) is 0.210. The number of pyridine rings is 1. The summed E-state index contributed by atoms with van der Waals surface area (Å²) in [6.07, 6.45) is 2.03. The Labute approximate surface area is 229 Å². The molecule has 5 aromatic rings. The predicted octanol–water partition coefficient (Wildman–Crippen LogP) is 9.28. The van der Waals surface area contributed by atoms with E-state index in [1.165, 1.54) is 0 Å². The lowest BCUT2D eigenvalue weighted by Gasteiger charge is -2.58. The fourth-order valence-electron chi connectivity index (χ4n) is 6.91. The van der Waals surface area contributed by atoms with Gasteiger partial charge < -0.3 is 4.42 Å². The summed E-state index contributed by atoms with van der Waals surface area (Å²) in [4.78, 5) is 0. The van der Waals surface area contributed by atoms with Crippen molar-refractivity contribution in [2.75, 3.05) is 0 Å². The summed E-state index contributed by atoms with van der Waals surface area (Å²) < 4.78 is 41.7. The van der Waals surface area contributed by atoms with E-state index in [0.717, 1.165) is 55.4 Å². The van der Waals surface area contributed by atoms with E-state index in [1.807, 2.05) is 69.6 Å². The Morgan fingerprint density at radius 1 is 0.692 bits per heavy atom. The smallest absolute Gasteiger partial charge is 0.262 e. The normalized spacial score (nSPS) is 18.8. The zero-order chi connectivity index (χ0) is 28.1. The van der Waals surface area contributed by atoms with E-state index in [9.17, 15) is 0 Å². The minimum atomic E-state index is -2.94. The van der Waals surface area contributed by atoms with Crippen LogP contribution in [-0.4, -0.2) is 5.92 Å². The molecule has 0 radical (unpaired) electrons. The first-order valence-electron chi connectivity index (χ1n) is 13.7. The van der Waals surface area contributed by atoms with Crippen LogP contribution in [-0.2, 0) is 17.9 Å². The van der Waals surface area contributed by atoms with Crippen LogP contribution >= 0.6 is 0 Å². The second-order valence-electron chi connectivity index (χ2n) is 12.8. The van der Waals surface area contributed by atoms with Crippen molar-refractivity contribution < 1.29 is 17.8 Å². The molecule has 39 heavy (non-hydrogen) atoms. The third kappa shape index (κ3) is 3.15. The van der Waals surface area contributed by atoms with Crippen LogP contribution < -0.4 is 4.57 Å². The van der Waals surface area contributed by atoms with Crippen LogP contribution in [0.15, 0.2) is 77.3 Å². The van der Waals surface area contributed by atoms with Gasteiger partial charge in [0.2, 0.25) is 5.69 Å². The first-order valence-corrected chi connectivity index (χ1v) is 13.7. The number of furan rings is 1. The summed E-state index contributed by atoms with van der Waals surface area (Å²) in [7, 11) is 2.03. The van der Waals surface area contributed by atoms with Crippen LogP contribution in [0, 0.1) is 12.3 Å². The summed E-state index contributed by atoms with van der Waals surface area (Å²) in [5.74, 6) is -2.94. The summed E-state index contributed by atoms with van der Waals surface area (Å²) in [5.41, 5.74) is 4.74. The summed E-state index contributed by atoms with van der Waals surface area (Å²) >= 11 is 0. The number of rotatable bonds is 2. The van der Waals surface area contributed by atoms with Gasteiger partial charge in [-0.1, -0.05) is 76.2 Å². The van der Waals surface area contributed by atoms with Gasteiger partial charge in [-0.15, -0.1) is 0 Å². The first kappa shape index (κ1) is 25.7. The molecule has 6 rings (SSSR count). The Kier molecular flexibility index (Phi) is 5.28. The average molecular weight is 525 g/mol. The molecule has 0 spiro atoms. The maximum Gasteiger partial charge on any atom is 0.262 e. The van der Waals surface area contributed by atoms with Crippen LogP contribution in [0.1, 0.15) is 58.2 Å². The monoisotopic (exact) mass is 524 g/mol. The van der Waals surface area contributed by atoms with E-state index in [4.69, 9.17) is 4.42 Å². The van der Waals surface area contributed by atoms with E-state index >= 15 is 8.78 Å². The maximum absolute atomic E-state index is 16.4. The second kappa shape index (κ2) is 8.00. The molecular formula is C35H36F2NO+. The van der Waals surface area contributed by atoms with E-state index < -0.39 is 22.2 Å². The van der Waals surface area contributed by atoms with Crippen LogP contribution in [0.4, 0.5) is 8.78 Å². The molecule has 0 saturated carbocycles. The number of alkyl halides is 2. The van der Waals surface area contributed by atoms with Gasteiger partial charge in [0.15, 0.2) is 6.20 Å². The Morgan fingerprint density at radius 3 is 2.08 bits per heavy atom.